The summed E-state index contributed by atoms with van der Waals surface area (Å²) in [5.41, 5.74) is 0. The fourth-order valence-electron chi connectivity index (χ4n) is 0.828. The highest BCUT2D eigenvalue weighted by Crippen LogP contribution is 1.98. The Morgan fingerprint density at radius 3 is 2.79 bits per heavy atom. The molecule has 0 aliphatic heterocycles. The fraction of sp³-hybridized carbons (Fsp3) is 0.222. The molecule has 2 amide bonds. The van der Waals surface area contributed by atoms with Gasteiger partial charge in [-0.15, -0.1) is 0 Å². The molecule has 0 aliphatic rings. The second-order valence-electron chi connectivity index (χ2n) is 2.67. The van der Waals surface area contributed by atoms with Crippen molar-refractivity contribution in [1.82, 2.24) is 10.3 Å². The van der Waals surface area contributed by atoms with Crippen LogP contribution in [0.4, 0.5) is 5.82 Å². The predicted molar refractivity (Wildman–Crippen MR) is 51.6 cm³/mol. The highest BCUT2D eigenvalue weighted by Gasteiger charge is 2.02. The summed E-state index contributed by atoms with van der Waals surface area (Å²) < 4.78 is 0. The number of carbonyl (C=O) groups excluding carboxylic acids is 2. The topological polar surface area (TPSA) is 71.1 Å². The summed E-state index contributed by atoms with van der Waals surface area (Å²) in [5.74, 6) is -0.0528. The predicted octanol–water partition coefficient (Wildman–Crippen LogP) is 0.156. The smallest absolute Gasteiger partial charge is 0.244 e. The molecule has 0 aromatic carbocycles. The highest BCUT2D eigenvalue weighted by atomic mass is 16.2. The molecular weight excluding hydrogens is 182 g/mol. The van der Waals surface area contributed by atoms with E-state index in [1.165, 1.54) is 6.92 Å². The second kappa shape index (κ2) is 4.96. The van der Waals surface area contributed by atoms with E-state index >= 15 is 0 Å². The van der Waals surface area contributed by atoms with Crippen LogP contribution >= 0.6 is 0 Å². The minimum absolute atomic E-state index is 0.0358. The average molecular weight is 193 g/mol. The molecular formula is C9H11N3O2. The Hall–Kier alpha value is -1.91. The lowest BCUT2D eigenvalue weighted by atomic mass is 10.4. The number of hydrogen-bond donors (Lipinski definition) is 2. The van der Waals surface area contributed by atoms with Gasteiger partial charge in [-0.3, -0.25) is 9.59 Å². The number of pyridine rings is 1. The van der Waals surface area contributed by atoms with Gasteiger partial charge in [-0.2, -0.15) is 0 Å². The van der Waals surface area contributed by atoms with Crippen molar-refractivity contribution in [3.05, 3.63) is 24.4 Å². The number of nitrogens with zero attached hydrogens (tertiary/aromatic N) is 1. The lowest BCUT2D eigenvalue weighted by Gasteiger charge is -2.03. The number of rotatable bonds is 3. The van der Waals surface area contributed by atoms with Gasteiger partial charge in [-0.25, -0.2) is 4.98 Å². The van der Waals surface area contributed by atoms with Gasteiger partial charge in [-0.05, 0) is 12.1 Å². The van der Waals surface area contributed by atoms with Crippen molar-refractivity contribution >= 4 is 17.6 Å². The van der Waals surface area contributed by atoms with E-state index in [0.717, 1.165) is 0 Å². The molecule has 0 unspecified atom stereocenters. The summed E-state index contributed by atoms with van der Waals surface area (Å²) >= 11 is 0. The maximum absolute atomic E-state index is 11.2. The monoisotopic (exact) mass is 193 g/mol. The summed E-state index contributed by atoms with van der Waals surface area (Å²) in [4.78, 5) is 25.5. The zero-order valence-electron chi connectivity index (χ0n) is 7.78. The van der Waals surface area contributed by atoms with Crippen LogP contribution in [-0.2, 0) is 9.59 Å². The Bertz CT molecular complexity index is 324. The van der Waals surface area contributed by atoms with E-state index in [1.54, 1.807) is 24.4 Å². The molecule has 0 bridgehead atoms. The molecule has 2 N–H and O–H groups in total. The molecule has 74 valence electrons. The van der Waals surface area contributed by atoms with Gasteiger partial charge in [0.25, 0.3) is 0 Å². The van der Waals surface area contributed by atoms with Gasteiger partial charge in [0.05, 0.1) is 6.54 Å². The van der Waals surface area contributed by atoms with Gasteiger partial charge in [0.1, 0.15) is 5.82 Å². The Morgan fingerprint density at radius 1 is 1.43 bits per heavy atom. The van der Waals surface area contributed by atoms with Gasteiger partial charge in [0.15, 0.2) is 0 Å². The minimum Gasteiger partial charge on any atom is -0.347 e. The van der Waals surface area contributed by atoms with Crippen molar-refractivity contribution in [1.29, 1.82) is 0 Å². The molecule has 5 nitrogen and oxygen atoms in total. The molecule has 0 aliphatic carbocycles. The Balaban J connectivity index is 2.38. The van der Waals surface area contributed by atoms with Crippen LogP contribution in [0.3, 0.4) is 0 Å². The van der Waals surface area contributed by atoms with Crippen LogP contribution in [-0.4, -0.2) is 23.3 Å². The largest absolute Gasteiger partial charge is 0.347 e. The van der Waals surface area contributed by atoms with Crippen molar-refractivity contribution < 1.29 is 9.59 Å². The van der Waals surface area contributed by atoms with E-state index in [-0.39, 0.29) is 18.4 Å². The van der Waals surface area contributed by atoms with Crippen molar-refractivity contribution in [3.63, 3.8) is 0 Å². The van der Waals surface area contributed by atoms with E-state index in [4.69, 9.17) is 0 Å². The summed E-state index contributed by atoms with van der Waals surface area (Å²) in [5, 5.41) is 4.92. The van der Waals surface area contributed by atoms with E-state index in [1.807, 2.05) is 0 Å². The van der Waals surface area contributed by atoms with Crippen LogP contribution in [0.15, 0.2) is 24.4 Å². The molecule has 1 rings (SSSR count). The average Bonchev–Trinajstić information content (AvgIpc) is 2.16. The third kappa shape index (κ3) is 3.66. The number of carbonyl (C=O) groups is 2. The third-order valence-corrected chi connectivity index (χ3v) is 1.43. The van der Waals surface area contributed by atoms with Crippen LogP contribution in [0, 0.1) is 0 Å². The minimum atomic E-state index is -0.293. The van der Waals surface area contributed by atoms with E-state index in [2.05, 4.69) is 15.6 Å². The van der Waals surface area contributed by atoms with Crippen molar-refractivity contribution in [2.45, 2.75) is 6.92 Å². The molecule has 1 aromatic heterocycles. The van der Waals surface area contributed by atoms with Gasteiger partial charge >= 0.3 is 0 Å². The van der Waals surface area contributed by atoms with Gasteiger partial charge in [0.2, 0.25) is 11.8 Å². The van der Waals surface area contributed by atoms with Crippen LogP contribution in [0.1, 0.15) is 6.92 Å². The SMILES string of the molecule is CC(=O)NCC(=O)Nc1ccccn1. The van der Waals surface area contributed by atoms with Crippen LogP contribution in [0.2, 0.25) is 0 Å². The quantitative estimate of drug-likeness (QED) is 0.718. The van der Waals surface area contributed by atoms with Gasteiger partial charge in [-0.1, -0.05) is 6.07 Å². The molecule has 0 radical (unpaired) electrons. The number of nitrogens with one attached hydrogen (secondary N) is 2. The molecule has 14 heavy (non-hydrogen) atoms. The molecule has 1 heterocycles. The van der Waals surface area contributed by atoms with Crippen LogP contribution in [0.5, 0.6) is 0 Å². The first-order valence-electron chi connectivity index (χ1n) is 4.14. The summed E-state index contributed by atoms with van der Waals surface area (Å²) in [7, 11) is 0. The molecule has 0 fully saturated rings. The summed E-state index contributed by atoms with van der Waals surface area (Å²) in [6.45, 7) is 1.32. The first-order chi connectivity index (χ1) is 6.68. The molecule has 5 heteroatoms. The molecule has 0 saturated carbocycles. The van der Waals surface area contributed by atoms with E-state index in [9.17, 15) is 9.59 Å². The Morgan fingerprint density at radius 2 is 2.21 bits per heavy atom. The zero-order chi connectivity index (χ0) is 10.4. The Labute approximate surface area is 81.5 Å². The second-order valence-corrected chi connectivity index (χ2v) is 2.67. The van der Waals surface area contributed by atoms with Gasteiger partial charge in [0, 0.05) is 13.1 Å². The fourth-order valence-corrected chi connectivity index (χ4v) is 0.828. The zero-order valence-corrected chi connectivity index (χ0v) is 7.78. The van der Waals surface area contributed by atoms with E-state index in [0.29, 0.717) is 5.82 Å². The highest BCUT2D eigenvalue weighted by molar-refractivity contribution is 5.93. The molecule has 0 saturated heterocycles. The Kier molecular flexibility index (Phi) is 3.60. The third-order valence-electron chi connectivity index (χ3n) is 1.43. The normalized spacial score (nSPS) is 9.21. The van der Waals surface area contributed by atoms with Crippen molar-refractivity contribution in [2.24, 2.45) is 0 Å². The van der Waals surface area contributed by atoms with Crippen LogP contribution < -0.4 is 10.6 Å². The lowest BCUT2D eigenvalue weighted by Crippen LogP contribution is -2.31. The molecule has 0 spiro atoms. The first kappa shape index (κ1) is 10.2. The van der Waals surface area contributed by atoms with Crippen LogP contribution in [0.25, 0.3) is 0 Å². The molecule has 1 aromatic rings. The summed E-state index contributed by atoms with van der Waals surface area (Å²) in [6, 6.07) is 5.19. The number of hydrogen-bond acceptors (Lipinski definition) is 3. The standard InChI is InChI=1S/C9H11N3O2/c1-7(13)11-6-9(14)12-8-4-2-3-5-10-8/h2-5H,6H2,1H3,(H,11,13)(H,10,12,14). The molecule has 0 atom stereocenters. The number of amides is 2. The lowest BCUT2D eigenvalue weighted by molar-refractivity contribution is -0.122. The van der Waals surface area contributed by atoms with E-state index < -0.39 is 0 Å². The summed E-state index contributed by atoms with van der Waals surface area (Å²) in [6.07, 6.45) is 1.58. The van der Waals surface area contributed by atoms with Crippen molar-refractivity contribution in [2.75, 3.05) is 11.9 Å². The number of anilines is 1. The number of aromatic nitrogens is 1. The maximum atomic E-state index is 11.2. The first-order valence-corrected chi connectivity index (χ1v) is 4.14. The van der Waals surface area contributed by atoms with Gasteiger partial charge < -0.3 is 10.6 Å². The maximum Gasteiger partial charge on any atom is 0.244 e. The van der Waals surface area contributed by atoms with Crippen molar-refractivity contribution in [3.8, 4) is 0 Å².